The molecule has 60 valence electrons. The summed E-state index contributed by atoms with van der Waals surface area (Å²) in [6.45, 7) is 1.70. The molecule has 6 heteroatoms. The third-order valence-electron chi connectivity index (χ3n) is 0.912. The Balaban J connectivity index is 2.57. The zero-order valence-corrected chi connectivity index (χ0v) is 6.72. The van der Waals surface area contributed by atoms with Crippen molar-refractivity contribution in [2.75, 3.05) is 5.73 Å². The Morgan fingerprint density at radius 3 is 2.91 bits per heavy atom. The Morgan fingerprint density at radius 1 is 1.73 bits per heavy atom. The molecule has 0 radical (unpaired) electrons. The van der Waals surface area contributed by atoms with Gasteiger partial charge in [-0.2, -0.15) is 0 Å². The minimum atomic E-state index is -0.332. The molecule has 0 bridgehead atoms. The average Bonchev–Trinajstić information content (AvgIpc) is 2.35. The van der Waals surface area contributed by atoms with Crippen molar-refractivity contribution in [3.63, 3.8) is 0 Å². The van der Waals surface area contributed by atoms with Crippen LogP contribution in [0.4, 0.5) is 5.13 Å². The Morgan fingerprint density at radius 2 is 2.45 bits per heavy atom. The summed E-state index contributed by atoms with van der Waals surface area (Å²) < 4.78 is 4.71. The number of anilines is 1. The second kappa shape index (κ2) is 3.29. The maximum absolute atomic E-state index is 10.7. The normalized spacial score (nSPS) is 9.55. The van der Waals surface area contributed by atoms with Crippen LogP contribution in [0.3, 0.4) is 0 Å². The Bertz CT molecular complexity index is 260. The van der Waals surface area contributed by atoms with Gasteiger partial charge >= 0.3 is 11.2 Å². The maximum atomic E-state index is 10.7. The van der Waals surface area contributed by atoms with Gasteiger partial charge in [0, 0.05) is 6.42 Å². The fourth-order valence-corrected chi connectivity index (χ4v) is 0.908. The summed E-state index contributed by atoms with van der Waals surface area (Å²) in [7, 11) is 0. The molecule has 0 atom stereocenters. The molecular weight excluding hydrogens is 166 g/mol. The molecule has 0 aliphatic rings. The largest absolute Gasteiger partial charge is 0.397 e. The first-order chi connectivity index (χ1) is 5.22. The molecule has 1 aromatic rings. The predicted octanol–water partition coefficient (Wildman–Crippen LogP) is 0.436. The van der Waals surface area contributed by atoms with Gasteiger partial charge in [0.05, 0.1) is 0 Å². The van der Waals surface area contributed by atoms with Crippen molar-refractivity contribution >= 4 is 22.4 Å². The van der Waals surface area contributed by atoms with Crippen LogP contribution in [-0.2, 0) is 4.79 Å². The molecule has 1 rings (SSSR count). The lowest BCUT2D eigenvalue weighted by Gasteiger charge is -1.92. The summed E-state index contributed by atoms with van der Waals surface area (Å²) >= 11 is 1.04. The molecule has 0 unspecified atom stereocenters. The van der Waals surface area contributed by atoms with E-state index in [0.717, 1.165) is 11.3 Å². The number of esters is 1. The number of nitrogens with two attached hydrogens (primary N) is 1. The van der Waals surface area contributed by atoms with Crippen LogP contribution in [-0.4, -0.2) is 16.2 Å². The minimum absolute atomic E-state index is 0.203. The first-order valence-electron chi connectivity index (χ1n) is 3.02. The third kappa shape index (κ3) is 2.15. The Labute approximate surface area is 67.2 Å². The van der Waals surface area contributed by atoms with Gasteiger partial charge in [0.15, 0.2) is 0 Å². The van der Waals surface area contributed by atoms with Crippen molar-refractivity contribution in [2.45, 2.75) is 13.3 Å². The second-order valence-electron chi connectivity index (χ2n) is 1.73. The number of rotatable bonds is 2. The molecule has 11 heavy (non-hydrogen) atoms. The molecule has 0 aliphatic carbocycles. The average molecular weight is 173 g/mol. The first kappa shape index (κ1) is 7.93. The molecule has 0 amide bonds. The number of nitrogen functional groups attached to an aromatic ring is 1. The van der Waals surface area contributed by atoms with Gasteiger partial charge in [-0.3, -0.25) is 4.79 Å². The van der Waals surface area contributed by atoms with Gasteiger partial charge in [-0.1, -0.05) is 12.0 Å². The fraction of sp³-hybridized carbons (Fsp3) is 0.400. The molecule has 1 heterocycles. The van der Waals surface area contributed by atoms with E-state index in [1.54, 1.807) is 6.92 Å². The van der Waals surface area contributed by atoms with Gasteiger partial charge in [-0.15, -0.1) is 5.10 Å². The van der Waals surface area contributed by atoms with Gasteiger partial charge in [0.2, 0.25) is 5.13 Å². The molecule has 5 nitrogen and oxygen atoms in total. The molecule has 0 spiro atoms. The van der Waals surface area contributed by atoms with Crippen LogP contribution in [0.5, 0.6) is 5.19 Å². The van der Waals surface area contributed by atoms with E-state index in [-0.39, 0.29) is 11.2 Å². The zero-order valence-electron chi connectivity index (χ0n) is 5.90. The standard InChI is InChI=1S/C5H7N3O2S/c1-2-3(9)10-5-8-7-4(6)11-5/h2H2,1H3,(H2,6,7). The van der Waals surface area contributed by atoms with Crippen molar-refractivity contribution in [1.29, 1.82) is 0 Å². The second-order valence-corrected chi connectivity index (χ2v) is 2.71. The lowest BCUT2D eigenvalue weighted by atomic mass is 10.5. The monoisotopic (exact) mass is 173 g/mol. The van der Waals surface area contributed by atoms with E-state index < -0.39 is 0 Å². The summed E-state index contributed by atoms with van der Waals surface area (Å²) in [6.07, 6.45) is 0.319. The lowest BCUT2D eigenvalue weighted by Crippen LogP contribution is -2.04. The summed E-state index contributed by atoms with van der Waals surface area (Å²) in [5.41, 5.74) is 5.25. The Kier molecular flexibility index (Phi) is 2.37. The highest BCUT2D eigenvalue weighted by atomic mass is 32.1. The molecule has 0 aliphatic heterocycles. The predicted molar refractivity (Wildman–Crippen MR) is 40.2 cm³/mol. The number of aromatic nitrogens is 2. The highest BCUT2D eigenvalue weighted by Gasteiger charge is 2.05. The van der Waals surface area contributed by atoms with Crippen molar-refractivity contribution in [3.8, 4) is 5.19 Å². The molecule has 0 saturated carbocycles. The van der Waals surface area contributed by atoms with E-state index in [4.69, 9.17) is 10.5 Å². The highest BCUT2D eigenvalue weighted by Crippen LogP contribution is 2.19. The van der Waals surface area contributed by atoms with Gasteiger partial charge in [0.1, 0.15) is 0 Å². The van der Waals surface area contributed by atoms with Crippen LogP contribution in [0.1, 0.15) is 13.3 Å². The van der Waals surface area contributed by atoms with Gasteiger partial charge < -0.3 is 10.5 Å². The Hall–Kier alpha value is -1.17. The van der Waals surface area contributed by atoms with Gasteiger partial charge in [-0.05, 0) is 11.3 Å². The minimum Gasteiger partial charge on any atom is -0.397 e. The van der Waals surface area contributed by atoms with E-state index in [1.165, 1.54) is 0 Å². The van der Waals surface area contributed by atoms with Crippen LogP contribution in [0.25, 0.3) is 0 Å². The summed E-state index contributed by atoms with van der Waals surface area (Å²) in [6, 6.07) is 0. The number of hydrogen-bond acceptors (Lipinski definition) is 6. The van der Waals surface area contributed by atoms with Crippen LogP contribution < -0.4 is 10.5 Å². The third-order valence-corrected chi connectivity index (χ3v) is 1.54. The summed E-state index contributed by atoms with van der Waals surface area (Å²) in [5, 5.41) is 7.48. The number of carbonyl (C=O) groups excluding carboxylic acids is 1. The zero-order chi connectivity index (χ0) is 8.27. The molecule has 0 aromatic carbocycles. The summed E-state index contributed by atoms with van der Waals surface area (Å²) in [5.74, 6) is -0.332. The molecular formula is C5H7N3O2S. The van der Waals surface area contributed by atoms with Crippen LogP contribution in [0.15, 0.2) is 0 Å². The number of nitrogens with zero attached hydrogens (tertiary/aromatic N) is 2. The number of carbonyl (C=O) groups is 1. The van der Waals surface area contributed by atoms with Crippen molar-refractivity contribution in [3.05, 3.63) is 0 Å². The molecule has 2 N–H and O–H groups in total. The molecule has 0 saturated heterocycles. The smallest absolute Gasteiger partial charge is 0.312 e. The van der Waals surface area contributed by atoms with E-state index in [9.17, 15) is 4.79 Å². The summed E-state index contributed by atoms with van der Waals surface area (Å²) in [4.78, 5) is 10.7. The van der Waals surface area contributed by atoms with Crippen LogP contribution in [0.2, 0.25) is 0 Å². The van der Waals surface area contributed by atoms with Crippen molar-refractivity contribution in [2.24, 2.45) is 0 Å². The van der Waals surface area contributed by atoms with Gasteiger partial charge in [0.25, 0.3) is 0 Å². The van der Waals surface area contributed by atoms with Crippen LogP contribution in [0, 0.1) is 0 Å². The number of hydrogen-bond donors (Lipinski definition) is 1. The van der Waals surface area contributed by atoms with E-state index >= 15 is 0 Å². The van der Waals surface area contributed by atoms with Crippen molar-refractivity contribution < 1.29 is 9.53 Å². The first-order valence-corrected chi connectivity index (χ1v) is 3.83. The fourth-order valence-electron chi connectivity index (χ4n) is 0.431. The van der Waals surface area contributed by atoms with Crippen LogP contribution >= 0.6 is 11.3 Å². The van der Waals surface area contributed by atoms with E-state index in [0.29, 0.717) is 11.6 Å². The highest BCUT2D eigenvalue weighted by molar-refractivity contribution is 7.16. The molecule has 0 fully saturated rings. The quantitative estimate of drug-likeness (QED) is 0.656. The van der Waals surface area contributed by atoms with E-state index in [2.05, 4.69) is 10.2 Å². The lowest BCUT2D eigenvalue weighted by molar-refractivity contribution is -0.134. The topological polar surface area (TPSA) is 78.1 Å². The van der Waals surface area contributed by atoms with Gasteiger partial charge in [-0.25, -0.2) is 0 Å². The van der Waals surface area contributed by atoms with E-state index in [1.807, 2.05) is 0 Å². The molecule has 1 aromatic heterocycles. The SMILES string of the molecule is CCC(=O)Oc1nnc(N)s1. The van der Waals surface area contributed by atoms with Crippen molar-refractivity contribution in [1.82, 2.24) is 10.2 Å². The maximum Gasteiger partial charge on any atom is 0.312 e. The number of ether oxygens (including phenoxy) is 1.